The van der Waals surface area contributed by atoms with Gasteiger partial charge in [0.25, 0.3) is 0 Å². The molecule has 1 aliphatic heterocycles. The number of hydrogen-bond donors (Lipinski definition) is 1. The van der Waals surface area contributed by atoms with Gasteiger partial charge in [0, 0.05) is 36.5 Å². The van der Waals surface area contributed by atoms with Crippen LogP contribution >= 0.6 is 11.3 Å². The van der Waals surface area contributed by atoms with Crippen molar-refractivity contribution in [1.82, 2.24) is 10.3 Å². The average molecular weight is 293 g/mol. The smallest absolute Gasteiger partial charge is 0.185 e. The van der Waals surface area contributed by atoms with Crippen molar-refractivity contribution in [3.05, 3.63) is 10.6 Å². The molecule has 0 amide bonds. The Labute approximate surface area is 124 Å². The lowest BCUT2D eigenvalue weighted by Gasteiger charge is -2.26. The van der Waals surface area contributed by atoms with Crippen LogP contribution in [0.25, 0.3) is 0 Å². The van der Waals surface area contributed by atoms with Crippen LogP contribution < -0.4 is 10.2 Å². The van der Waals surface area contributed by atoms with Gasteiger partial charge < -0.3 is 15.0 Å². The molecule has 1 saturated carbocycles. The van der Waals surface area contributed by atoms with Gasteiger partial charge in [-0.25, -0.2) is 4.98 Å². The monoisotopic (exact) mass is 293 g/mol. The Morgan fingerprint density at radius 2 is 2.10 bits per heavy atom. The van der Waals surface area contributed by atoms with Crippen molar-refractivity contribution in [3.8, 4) is 0 Å². The molecule has 110 valence electrons. The van der Waals surface area contributed by atoms with Crippen LogP contribution in [-0.2, 0) is 11.2 Å². The Hall–Kier alpha value is -0.650. The largest absolute Gasteiger partial charge is 0.378 e. The summed E-state index contributed by atoms with van der Waals surface area (Å²) in [6.45, 7) is 4.81. The van der Waals surface area contributed by atoms with E-state index in [1.807, 2.05) is 11.3 Å². The molecule has 2 aliphatic carbocycles. The van der Waals surface area contributed by atoms with Crippen LogP contribution in [0.2, 0.25) is 0 Å². The number of nitrogens with zero attached hydrogens (tertiary/aromatic N) is 2. The number of thiazole rings is 1. The minimum absolute atomic E-state index is 0.644. The summed E-state index contributed by atoms with van der Waals surface area (Å²) >= 11 is 1.93. The van der Waals surface area contributed by atoms with Crippen LogP contribution in [-0.4, -0.2) is 43.9 Å². The Morgan fingerprint density at radius 1 is 1.25 bits per heavy atom. The minimum Gasteiger partial charge on any atom is -0.378 e. The number of rotatable bonds is 4. The number of hydrogen-bond acceptors (Lipinski definition) is 5. The van der Waals surface area contributed by atoms with Crippen molar-refractivity contribution in [1.29, 1.82) is 0 Å². The van der Waals surface area contributed by atoms with Gasteiger partial charge in [-0.15, -0.1) is 11.3 Å². The Balaban J connectivity index is 1.49. The first-order valence-corrected chi connectivity index (χ1v) is 8.77. The number of aromatic nitrogens is 1. The van der Waals surface area contributed by atoms with Crippen LogP contribution in [0.15, 0.2) is 0 Å². The molecule has 4 rings (SSSR count). The number of ether oxygens (including phenoxy) is 1. The molecule has 2 fully saturated rings. The molecule has 1 atom stereocenters. The van der Waals surface area contributed by atoms with Gasteiger partial charge in [-0.2, -0.15) is 0 Å². The fourth-order valence-corrected chi connectivity index (χ4v) is 4.42. The van der Waals surface area contributed by atoms with E-state index in [1.165, 1.54) is 42.9 Å². The number of anilines is 1. The summed E-state index contributed by atoms with van der Waals surface area (Å²) in [6, 6.07) is 0.803. The zero-order chi connectivity index (χ0) is 13.4. The summed E-state index contributed by atoms with van der Waals surface area (Å²) in [7, 11) is 0. The van der Waals surface area contributed by atoms with E-state index >= 15 is 0 Å². The van der Waals surface area contributed by atoms with Gasteiger partial charge in [-0.3, -0.25) is 0 Å². The molecule has 3 aliphatic rings. The van der Waals surface area contributed by atoms with Gasteiger partial charge >= 0.3 is 0 Å². The third kappa shape index (κ3) is 2.71. The molecule has 0 radical (unpaired) electrons. The molecule has 1 unspecified atom stereocenters. The molecular formula is C15H23N3OS. The third-order valence-corrected chi connectivity index (χ3v) is 5.76. The van der Waals surface area contributed by atoms with Crippen LogP contribution in [0.5, 0.6) is 0 Å². The summed E-state index contributed by atoms with van der Waals surface area (Å²) in [5.74, 6) is 0.644. The summed E-state index contributed by atoms with van der Waals surface area (Å²) < 4.78 is 5.44. The minimum atomic E-state index is 0.644. The van der Waals surface area contributed by atoms with Crippen molar-refractivity contribution < 1.29 is 4.74 Å². The standard InChI is InChI=1S/C15H23N3OS/c1-2-11(10-16-12-4-5-12)14-13(3-1)20-15(17-14)18-6-8-19-9-7-18/h11-12,16H,1-10H2. The van der Waals surface area contributed by atoms with Crippen LogP contribution in [0.1, 0.15) is 42.2 Å². The van der Waals surface area contributed by atoms with E-state index in [4.69, 9.17) is 9.72 Å². The first kappa shape index (κ1) is 13.0. The Bertz CT molecular complexity index is 466. The molecule has 0 bridgehead atoms. The van der Waals surface area contributed by atoms with E-state index in [1.54, 1.807) is 4.88 Å². The van der Waals surface area contributed by atoms with Crippen LogP contribution in [0.3, 0.4) is 0 Å². The van der Waals surface area contributed by atoms with Crippen LogP contribution in [0, 0.1) is 0 Å². The highest BCUT2D eigenvalue weighted by Crippen LogP contribution is 2.38. The van der Waals surface area contributed by atoms with Gasteiger partial charge in [-0.1, -0.05) is 0 Å². The molecule has 0 aromatic carbocycles. The Morgan fingerprint density at radius 3 is 2.90 bits per heavy atom. The van der Waals surface area contributed by atoms with Crippen molar-refractivity contribution >= 4 is 16.5 Å². The summed E-state index contributed by atoms with van der Waals surface area (Å²) in [5, 5.41) is 4.92. The lowest BCUT2D eigenvalue weighted by atomic mass is 9.91. The molecule has 1 aromatic heterocycles. The van der Waals surface area contributed by atoms with Gasteiger partial charge in [0.1, 0.15) is 0 Å². The highest BCUT2D eigenvalue weighted by Gasteiger charge is 2.28. The van der Waals surface area contributed by atoms with E-state index in [2.05, 4.69) is 10.2 Å². The number of nitrogens with one attached hydrogen (secondary N) is 1. The fourth-order valence-electron chi connectivity index (χ4n) is 3.18. The molecule has 5 heteroatoms. The first-order chi connectivity index (χ1) is 9.90. The van der Waals surface area contributed by atoms with E-state index in [-0.39, 0.29) is 0 Å². The van der Waals surface area contributed by atoms with Crippen molar-refractivity contribution in [2.75, 3.05) is 37.7 Å². The van der Waals surface area contributed by atoms with Crippen LogP contribution in [0.4, 0.5) is 5.13 Å². The van der Waals surface area contributed by atoms with E-state index in [0.717, 1.165) is 38.9 Å². The maximum absolute atomic E-state index is 5.44. The number of fused-ring (bicyclic) bond motifs is 1. The van der Waals surface area contributed by atoms with Gasteiger partial charge in [0.05, 0.1) is 18.9 Å². The highest BCUT2D eigenvalue weighted by molar-refractivity contribution is 7.15. The van der Waals surface area contributed by atoms with Crippen molar-refractivity contribution in [2.24, 2.45) is 0 Å². The molecule has 0 spiro atoms. The molecule has 20 heavy (non-hydrogen) atoms. The molecule has 2 heterocycles. The number of morpholine rings is 1. The average Bonchev–Trinajstić information content (AvgIpc) is 3.22. The zero-order valence-electron chi connectivity index (χ0n) is 11.9. The Kier molecular flexibility index (Phi) is 3.67. The lowest BCUT2D eigenvalue weighted by Crippen LogP contribution is -2.36. The van der Waals surface area contributed by atoms with Gasteiger partial charge in [-0.05, 0) is 32.1 Å². The first-order valence-electron chi connectivity index (χ1n) is 7.96. The van der Waals surface area contributed by atoms with Gasteiger partial charge in [0.15, 0.2) is 5.13 Å². The SMILES string of the molecule is C1Cc2sc(N3CCOCC3)nc2C(CNC2CC2)C1. The molecular weight excluding hydrogens is 270 g/mol. The molecule has 1 saturated heterocycles. The zero-order valence-corrected chi connectivity index (χ0v) is 12.8. The lowest BCUT2D eigenvalue weighted by molar-refractivity contribution is 0.122. The summed E-state index contributed by atoms with van der Waals surface area (Å²) in [5.41, 5.74) is 1.40. The predicted octanol–water partition coefficient (Wildman–Crippen LogP) is 2.15. The fraction of sp³-hybridized carbons (Fsp3) is 0.800. The van der Waals surface area contributed by atoms with E-state index < -0.39 is 0 Å². The maximum atomic E-state index is 5.44. The highest BCUT2D eigenvalue weighted by atomic mass is 32.1. The molecule has 1 N–H and O–H groups in total. The second kappa shape index (κ2) is 5.62. The second-order valence-electron chi connectivity index (χ2n) is 6.18. The molecule has 4 nitrogen and oxygen atoms in total. The third-order valence-electron chi connectivity index (χ3n) is 4.57. The normalized spacial score (nSPS) is 26.6. The number of aryl methyl sites for hydroxylation is 1. The second-order valence-corrected chi connectivity index (χ2v) is 7.24. The van der Waals surface area contributed by atoms with Crippen molar-refractivity contribution in [3.63, 3.8) is 0 Å². The quantitative estimate of drug-likeness (QED) is 0.923. The van der Waals surface area contributed by atoms with E-state index in [0.29, 0.717) is 5.92 Å². The molecule has 1 aromatic rings. The summed E-state index contributed by atoms with van der Waals surface area (Å²) in [6.07, 6.45) is 6.61. The van der Waals surface area contributed by atoms with Gasteiger partial charge in [0.2, 0.25) is 0 Å². The van der Waals surface area contributed by atoms with Crippen molar-refractivity contribution in [2.45, 2.75) is 44.1 Å². The summed E-state index contributed by atoms with van der Waals surface area (Å²) in [4.78, 5) is 8.95. The topological polar surface area (TPSA) is 37.4 Å². The van der Waals surface area contributed by atoms with E-state index in [9.17, 15) is 0 Å². The maximum Gasteiger partial charge on any atom is 0.185 e. The predicted molar refractivity (Wildman–Crippen MR) is 81.8 cm³/mol.